The van der Waals surface area contributed by atoms with Gasteiger partial charge in [0.1, 0.15) is 11.9 Å². The van der Waals surface area contributed by atoms with Crippen LogP contribution in [-0.4, -0.2) is 38.1 Å². The molecule has 0 aromatic heterocycles. The highest BCUT2D eigenvalue weighted by Crippen LogP contribution is 2.29. The molecule has 0 heterocycles. The standard InChI is InChI=1S/C20H24FN3O5S/c1-14-6-11-18(24(26)27)13-19(14)23(30(3,28)29)15(2)20(25)22-12-4-5-16-7-9-17(21)10-8-16/h6-11,13,15H,4-5,12H2,1-3H3,(H,22,25)/t15-/m1/s1. The summed E-state index contributed by atoms with van der Waals surface area (Å²) < 4.78 is 38.6. The topological polar surface area (TPSA) is 110 Å². The number of nitrogens with one attached hydrogen (secondary N) is 1. The Morgan fingerprint density at radius 3 is 2.43 bits per heavy atom. The average Bonchev–Trinajstić information content (AvgIpc) is 2.66. The van der Waals surface area contributed by atoms with Crippen LogP contribution in [0.4, 0.5) is 15.8 Å². The summed E-state index contributed by atoms with van der Waals surface area (Å²) in [5.41, 5.74) is 1.22. The molecule has 10 heteroatoms. The number of halogens is 1. The maximum atomic E-state index is 12.9. The number of non-ortho nitro benzene ring substituents is 1. The number of anilines is 1. The molecule has 0 saturated carbocycles. The Balaban J connectivity index is 2.10. The van der Waals surface area contributed by atoms with E-state index in [0.717, 1.165) is 22.2 Å². The third-order valence-corrected chi connectivity index (χ3v) is 5.81. The van der Waals surface area contributed by atoms with E-state index in [9.17, 15) is 27.7 Å². The van der Waals surface area contributed by atoms with E-state index in [1.807, 2.05) is 0 Å². The highest BCUT2D eigenvalue weighted by Gasteiger charge is 2.31. The number of nitrogens with zero attached hydrogens (tertiary/aromatic N) is 2. The van der Waals surface area contributed by atoms with Crippen LogP contribution in [0.25, 0.3) is 0 Å². The Hall–Kier alpha value is -3.01. The number of sulfonamides is 1. The molecule has 2 rings (SSSR count). The van der Waals surface area contributed by atoms with Crippen LogP contribution >= 0.6 is 0 Å². The first-order valence-corrected chi connectivity index (χ1v) is 11.1. The van der Waals surface area contributed by atoms with Crippen LogP contribution in [0.15, 0.2) is 42.5 Å². The molecule has 8 nitrogen and oxygen atoms in total. The van der Waals surface area contributed by atoms with Crippen molar-refractivity contribution in [2.24, 2.45) is 0 Å². The van der Waals surface area contributed by atoms with E-state index in [1.54, 1.807) is 19.1 Å². The molecule has 0 fully saturated rings. The number of hydrogen-bond donors (Lipinski definition) is 1. The molecule has 0 aliphatic heterocycles. The summed E-state index contributed by atoms with van der Waals surface area (Å²) in [6.45, 7) is 3.34. The molecule has 30 heavy (non-hydrogen) atoms. The SMILES string of the molecule is Cc1ccc([N+](=O)[O-])cc1N([C@H](C)C(=O)NCCCc1ccc(F)cc1)S(C)(=O)=O. The summed E-state index contributed by atoms with van der Waals surface area (Å²) in [7, 11) is -3.89. The minimum Gasteiger partial charge on any atom is -0.354 e. The van der Waals surface area contributed by atoms with Crippen molar-refractivity contribution < 1.29 is 22.5 Å². The number of carbonyl (C=O) groups excluding carboxylic acids is 1. The number of hydrogen-bond acceptors (Lipinski definition) is 5. The number of nitro groups is 1. The fraction of sp³-hybridized carbons (Fsp3) is 0.350. The van der Waals surface area contributed by atoms with Crippen LogP contribution in [0.5, 0.6) is 0 Å². The van der Waals surface area contributed by atoms with E-state index in [2.05, 4.69) is 5.32 Å². The fourth-order valence-corrected chi connectivity index (χ4v) is 4.26. The molecule has 162 valence electrons. The molecule has 1 N–H and O–H groups in total. The highest BCUT2D eigenvalue weighted by atomic mass is 32.2. The van der Waals surface area contributed by atoms with E-state index >= 15 is 0 Å². The molecule has 0 bridgehead atoms. The number of rotatable bonds is 9. The van der Waals surface area contributed by atoms with Crippen LogP contribution in [0.2, 0.25) is 0 Å². The third-order valence-electron chi connectivity index (χ3n) is 4.58. The molecule has 0 saturated heterocycles. The minimum absolute atomic E-state index is 0.0839. The molecular weight excluding hydrogens is 413 g/mol. The van der Waals surface area contributed by atoms with Crippen molar-refractivity contribution in [2.45, 2.75) is 32.7 Å². The first-order valence-electron chi connectivity index (χ1n) is 9.27. The van der Waals surface area contributed by atoms with Crippen LogP contribution in [0.3, 0.4) is 0 Å². The zero-order valence-electron chi connectivity index (χ0n) is 17.0. The molecule has 0 radical (unpaired) electrons. The van der Waals surface area contributed by atoms with Crippen molar-refractivity contribution in [1.82, 2.24) is 5.32 Å². The molecule has 1 amide bonds. The van der Waals surface area contributed by atoms with Gasteiger partial charge in [-0.25, -0.2) is 12.8 Å². The first kappa shape index (κ1) is 23.3. The predicted molar refractivity (Wildman–Crippen MR) is 112 cm³/mol. The summed E-state index contributed by atoms with van der Waals surface area (Å²) in [5, 5.41) is 13.8. The number of carbonyl (C=O) groups is 1. The van der Waals surface area contributed by atoms with Crippen molar-refractivity contribution in [2.75, 3.05) is 17.1 Å². The average molecular weight is 437 g/mol. The van der Waals surface area contributed by atoms with E-state index in [0.29, 0.717) is 24.9 Å². The van der Waals surface area contributed by atoms with Crippen LogP contribution in [0.1, 0.15) is 24.5 Å². The van der Waals surface area contributed by atoms with Crippen molar-refractivity contribution in [3.05, 3.63) is 69.5 Å². The summed E-state index contributed by atoms with van der Waals surface area (Å²) in [6.07, 6.45) is 2.15. The van der Waals surface area contributed by atoms with Crippen LogP contribution in [0, 0.1) is 22.9 Å². The Bertz CT molecular complexity index is 1030. The van der Waals surface area contributed by atoms with Gasteiger partial charge in [-0.15, -0.1) is 0 Å². The lowest BCUT2D eigenvalue weighted by atomic mass is 10.1. The lowest BCUT2D eigenvalue weighted by Crippen LogP contribution is -2.48. The van der Waals surface area contributed by atoms with Crippen molar-refractivity contribution in [1.29, 1.82) is 0 Å². The Kier molecular flexibility index (Phi) is 7.49. The maximum absolute atomic E-state index is 12.9. The summed E-state index contributed by atoms with van der Waals surface area (Å²) >= 11 is 0. The smallest absolute Gasteiger partial charge is 0.271 e. The molecule has 0 aliphatic rings. The summed E-state index contributed by atoms with van der Waals surface area (Å²) in [5.74, 6) is -0.844. The van der Waals surface area contributed by atoms with Gasteiger partial charge in [0, 0.05) is 18.7 Å². The van der Waals surface area contributed by atoms with Crippen LogP contribution in [-0.2, 0) is 21.2 Å². The monoisotopic (exact) mass is 437 g/mol. The maximum Gasteiger partial charge on any atom is 0.271 e. The van der Waals surface area contributed by atoms with Gasteiger partial charge in [-0.05, 0) is 49.9 Å². The lowest BCUT2D eigenvalue weighted by molar-refractivity contribution is -0.384. The molecule has 2 aromatic carbocycles. The van der Waals surface area contributed by atoms with E-state index in [1.165, 1.54) is 31.2 Å². The molecule has 2 aromatic rings. The Morgan fingerprint density at radius 2 is 1.87 bits per heavy atom. The first-order chi connectivity index (χ1) is 14.0. The number of aryl methyl sites for hydroxylation is 2. The second kappa shape index (κ2) is 9.66. The van der Waals surface area contributed by atoms with Gasteiger partial charge in [0.05, 0.1) is 16.9 Å². The van der Waals surface area contributed by atoms with Gasteiger partial charge in [-0.3, -0.25) is 19.2 Å². The number of nitro benzene ring substituents is 1. The Morgan fingerprint density at radius 1 is 1.23 bits per heavy atom. The van der Waals surface area contributed by atoms with E-state index in [-0.39, 0.29) is 17.2 Å². The molecule has 0 unspecified atom stereocenters. The molecule has 1 atom stereocenters. The van der Waals surface area contributed by atoms with Gasteiger partial charge >= 0.3 is 0 Å². The largest absolute Gasteiger partial charge is 0.354 e. The fourth-order valence-electron chi connectivity index (χ4n) is 3.03. The van der Waals surface area contributed by atoms with E-state index < -0.39 is 26.9 Å². The number of amides is 1. The second-order valence-electron chi connectivity index (χ2n) is 6.98. The molecular formula is C20H24FN3O5S. The van der Waals surface area contributed by atoms with Gasteiger partial charge in [0.15, 0.2) is 0 Å². The normalized spacial score (nSPS) is 12.3. The van der Waals surface area contributed by atoms with Crippen LogP contribution < -0.4 is 9.62 Å². The van der Waals surface area contributed by atoms with Crippen molar-refractivity contribution in [3.63, 3.8) is 0 Å². The lowest BCUT2D eigenvalue weighted by Gasteiger charge is -2.29. The van der Waals surface area contributed by atoms with E-state index in [4.69, 9.17) is 0 Å². The zero-order valence-corrected chi connectivity index (χ0v) is 17.8. The quantitative estimate of drug-likeness (QED) is 0.368. The zero-order chi connectivity index (χ0) is 22.5. The van der Waals surface area contributed by atoms with Crippen molar-refractivity contribution >= 4 is 27.3 Å². The summed E-state index contributed by atoms with van der Waals surface area (Å²) in [4.78, 5) is 23.1. The van der Waals surface area contributed by atoms with Gasteiger partial charge in [0.2, 0.25) is 15.9 Å². The van der Waals surface area contributed by atoms with Crippen molar-refractivity contribution in [3.8, 4) is 0 Å². The molecule has 0 spiro atoms. The van der Waals surface area contributed by atoms with Gasteiger partial charge in [-0.1, -0.05) is 18.2 Å². The minimum atomic E-state index is -3.89. The predicted octanol–water partition coefficient (Wildman–Crippen LogP) is 2.95. The summed E-state index contributed by atoms with van der Waals surface area (Å²) in [6, 6.07) is 8.81. The third kappa shape index (κ3) is 5.99. The number of benzene rings is 2. The van der Waals surface area contributed by atoms with Gasteiger partial charge in [-0.2, -0.15) is 0 Å². The second-order valence-corrected chi connectivity index (χ2v) is 8.84. The molecule has 0 aliphatic carbocycles. The van der Waals surface area contributed by atoms with Gasteiger partial charge < -0.3 is 5.32 Å². The van der Waals surface area contributed by atoms with Gasteiger partial charge in [0.25, 0.3) is 5.69 Å². The Labute approximate surface area is 174 Å². The highest BCUT2D eigenvalue weighted by molar-refractivity contribution is 7.92.